The lowest BCUT2D eigenvalue weighted by Crippen LogP contribution is -1.62. The van der Waals surface area contributed by atoms with Gasteiger partial charge in [-0.1, -0.05) is 60.8 Å². The minimum Gasteiger partial charge on any atom is -0.0844 e. The smallest absolute Gasteiger partial charge is 0.0166 e. The van der Waals surface area contributed by atoms with Crippen molar-refractivity contribution in [3.05, 3.63) is 60.8 Å². The molecule has 0 fully saturated rings. The van der Waals surface area contributed by atoms with Crippen molar-refractivity contribution in [2.24, 2.45) is 0 Å². The molecule has 62 valence electrons. The SMILES string of the molecule is C1=CC=CCC=CCC=CC=C1. The minimum absolute atomic E-state index is 1.03. The standard InChI is InChI=1S/C12H14/c1-2-4-6-8-10-12-11-9-7-5-3-1/h1-8,11-12H,9-10H2. The third-order valence-corrected chi connectivity index (χ3v) is 1.54. The van der Waals surface area contributed by atoms with Crippen LogP contribution in [0.15, 0.2) is 60.8 Å². The molecular formula is C12H14. The Hall–Kier alpha value is -1.30. The number of rotatable bonds is 0. The highest BCUT2D eigenvalue weighted by atomic mass is 13.8. The van der Waals surface area contributed by atoms with Gasteiger partial charge >= 0.3 is 0 Å². The predicted octanol–water partition coefficient (Wildman–Crippen LogP) is 3.56. The van der Waals surface area contributed by atoms with Gasteiger partial charge in [0.15, 0.2) is 0 Å². The summed E-state index contributed by atoms with van der Waals surface area (Å²) in [6.07, 6.45) is 23.0. The maximum atomic E-state index is 2.18. The van der Waals surface area contributed by atoms with Crippen LogP contribution in [0, 0.1) is 0 Å². The van der Waals surface area contributed by atoms with Crippen LogP contribution in [0.2, 0.25) is 0 Å². The van der Waals surface area contributed by atoms with Gasteiger partial charge in [-0.05, 0) is 12.8 Å². The van der Waals surface area contributed by atoms with Gasteiger partial charge in [-0.25, -0.2) is 0 Å². The van der Waals surface area contributed by atoms with Crippen molar-refractivity contribution in [3.63, 3.8) is 0 Å². The van der Waals surface area contributed by atoms with Gasteiger partial charge in [-0.3, -0.25) is 0 Å². The average molecular weight is 158 g/mol. The molecule has 0 aromatic rings. The summed E-state index contributed by atoms with van der Waals surface area (Å²) >= 11 is 0. The van der Waals surface area contributed by atoms with Crippen LogP contribution in [0.25, 0.3) is 0 Å². The van der Waals surface area contributed by atoms with Crippen molar-refractivity contribution in [2.45, 2.75) is 12.8 Å². The van der Waals surface area contributed by atoms with Gasteiger partial charge in [0.05, 0.1) is 0 Å². The highest BCUT2D eigenvalue weighted by Gasteiger charge is 1.72. The van der Waals surface area contributed by atoms with E-state index in [9.17, 15) is 0 Å². The van der Waals surface area contributed by atoms with Crippen molar-refractivity contribution in [1.29, 1.82) is 0 Å². The summed E-state index contributed by atoms with van der Waals surface area (Å²) in [5, 5.41) is 0. The maximum absolute atomic E-state index is 2.18. The Bertz CT molecular complexity index is 211. The van der Waals surface area contributed by atoms with Crippen molar-refractivity contribution in [2.75, 3.05) is 0 Å². The Morgan fingerprint density at radius 1 is 0.417 bits per heavy atom. The Balaban J connectivity index is 2.55. The molecule has 0 unspecified atom stereocenters. The first-order chi connectivity index (χ1) is 6.00. The zero-order chi connectivity index (χ0) is 8.49. The summed E-state index contributed by atoms with van der Waals surface area (Å²) in [6.45, 7) is 0. The zero-order valence-electron chi connectivity index (χ0n) is 7.19. The Kier molecular flexibility index (Phi) is 4.70. The third-order valence-electron chi connectivity index (χ3n) is 1.54. The van der Waals surface area contributed by atoms with E-state index in [4.69, 9.17) is 0 Å². The summed E-state index contributed by atoms with van der Waals surface area (Å²) in [6, 6.07) is 0. The summed E-state index contributed by atoms with van der Waals surface area (Å²) in [5.74, 6) is 0. The molecule has 0 aliphatic heterocycles. The number of hydrogen-bond donors (Lipinski definition) is 0. The van der Waals surface area contributed by atoms with Crippen LogP contribution in [-0.4, -0.2) is 0 Å². The second-order valence-electron chi connectivity index (χ2n) is 2.57. The fraction of sp³-hybridized carbons (Fsp3) is 0.167. The van der Waals surface area contributed by atoms with Crippen molar-refractivity contribution >= 4 is 0 Å². The topological polar surface area (TPSA) is 0 Å². The van der Waals surface area contributed by atoms with Crippen LogP contribution < -0.4 is 0 Å². The van der Waals surface area contributed by atoms with E-state index in [0.29, 0.717) is 0 Å². The molecule has 0 amide bonds. The molecule has 1 aliphatic rings. The first-order valence-electron chi connectivity index (χ1n) is 4.30. The number of hydrogen-bond acceptors (Lipinski definition) is 0. The normalized spacial score (nSPS) is 17.3. The first kappa shape index (κ1) is 8.79. The molecule has 0 heteroatoms. The summed E-state index contributed by atoms with van der Waals surface area (Å²) in [5.41, 5.74) is 0. The van der Waals surface area contributed by atoms with E-state index in [2.05, 4.69) is 36.5 Å². The lowest BCUT2D eigenvalue weighted by molar-refractivity contribution is 1.31. The molecule has 0 N–H and O–H groups in total. The minimum atomic E-state index is 1.03. The first-order valence-corrected chi connectivity index (χ1v) is 4.30. The summed E-state index contributed by atoms with van der Waals surface area (Å²) < 4.78 is 0. The van der Waals surface area contributed by atoms with Crippen LogP contribution in [0.3, 0.4) is 0 Å². The van der Waals surface area contributed by atoms with E-state index in [1.54, 1.807) is 0 Å². The molecule has 0 aromatic carbocycles. The summed E-state index contributed by atoms with van der Waals surface area (Å²) in [7, 11) is 0. The maximum Gasteiger partial charge on any atom is -0.0166 e. The largest absolute Gasteiger partial charge is 0.0844 e. The van der Waals surface area contributed by atoms with Crippen LogP contribution >= 0.6 is 0 Å². The molecule has 1 aliphatic carbocycles. The van der Waals surface area contributed by atoms with Crippen molar-refractivity contribution in [1.82, 2.24) is 0 Å². The van der Waals surface area contributed by atoms with Gasteiger partial charge in [0.1, 0.15) is 0 Å². The highest BCUT2D eigenvalue weighted by Crippen LogP contribution is 1.93. The van der Waals surface area contributed by atoms with Crippen molar-refractivity contribution < 1.29 is 0 Å². The average Bonchev–Trinajstić information content (AvgIpc) is 2.05. The van der Waals surface area contributed by atoms with E-state index < -0.39 is 0 Å². The molecule has 0 heterocycles. The molecule has 0 nitrogen and oxygen atoms in total. The molecular weight excluding hydrogens is 144 g/mol. The zero-order valence-corrected chi connectivity index (χ0v) is 7.19. The number of allylic oxidation sites excluding steroid dienone is 10. The second-order valence-corrected chi connectivity index (χ2v) is 2.57. The second kappa shape index (κ2) is 6.41. The molecule has 0 aromatic heterocycles. The monoisotopic (exact) mass is 158 g/mol. The molecule has 1 rings (SSSR count). The van der Waals surface area contributed by atoms with E-state index in [0.717, 1.165) is 12.8 Å². The Morgan fingerprint density at radius 3 is 1.33 bits per heavy atom. The van der Waals surface area contributed by atoms with Gasteiger partial charge in [0.25, 0.3) is 0 Å². The van der Waals surface area contributed by atoms with Crippen molar-refractivity contribution in [3.8, 4) is 0 Å². The Morgan fingerprint density at radius 2 is 0.833 bits per heavy atom. The van der Waals surface area contributed by atoms with Gasteiger partial charge in [-0.15, -0.1) is 0 Å². The molecule has 0 saturated heterocycles. The van der Waals surface area contributed by atoms with Crippen LogP contribution in [0.1, 0.15) is 12.8 Å². The fourth-order valence-corrected chi connectivity index (χ4v) is 0.920. The van der Waals surface area contributed by atoms with Gasteiger partial charge in [-0.2, -0.15) is 0 Å². The fourth-order valence-electron chi connectivity index (χ4n) is 0.920. The Labute approximate surface area is 74.3 Å². The third kappa shape index (κ3) is 4.51. The molecule has 0 bridgehead atoms. The van der Waals surface area contributed by atoms with Gasteiger partial charge in [0.2, 0.25) is 0 Å². The molecule has 0 atom stereocenters. The highest BCUT2D eigenvalue weighted by molar-refractivity contribution is 5.16. The van der Waals surface area contributed by atoms with Gasteiger partial charge in [0, 0.05) is 0 Å². The lowest BCUT2D eigenvalue weighted by atomic mass is 10.2. The van der Waals surface area contributed by atoms with Gasteiger partial charge < -0.3 is 0 Å². The van der Waals surface area contributed by atoms with E-state index >= 15 is 0 Å². The lowest BCUT2D eigenvalue weighted by Gasteiger charge is -1.83. The summed E-state index contributed by atoms with van der Waals surface area (Å²) in [4.78, 5) is 0. The predicted molar refractivity (Wildman–Crippen MR) is 54.9 cm³/mol. The van der Waals surface area contributed by atoms with E-state index in [1.165, 1.54) is 0 Å². The molecule has 0 radical (unpaired) electrons. The molecule has 0 saturated carbocycles. The van der Waals surface area contributed by atoms with Crippen LogP contribution in [0.4, 0.5) is 0 Å². The van der Waals surface area contributed by atoms with E-state index in [1.807, 2.05) is 24.3 Å². The molecule has 12 heavy (non-hydrogen) atoms. The van der Waals surface area contributed by atoms with Crippen LogP contribution in [0.5, 0.6) is 0 Å². The molecule has 0 spiro atoms. The quantitative estimate of drug-likeness (QED) is 0.473. The van der Waals surface area contributed by atoms with Crippen LogP contribution in [-0.2, 0) is 0 Å². The van der Waals surface area contributed by atoms with E-state index in [-0.39, 0.29) is 0 Å².